The van der Waals surface area contributed by atoms with E-state index in [1.165, 1.54) is 4.90 Å². The van der Waals surface area contributed by atoms with Gasteiger partial charge in [-0.05, 0) is 31.2 Å². The molecular formula is C13H15NO4. The van der Waals surface area contributed by atoms with Crippen molar-refractivity contribution in [1.82, 2.24) is 0 Å². The molecule has 1 saturated heterocycles. The topological polar surface area (TPSA) is 66.8 Å². The van der Waals surface area contributed by atoms with Crippen molar-refractivity contribution in [3.8, 4) is 5.75 Å². The first-order valence-corrected chi connectivity index (χ1v) is 5.73. The Balaban J connectivity index is 2.26. The van der Waals surface area contributed by atoms with Crippen molar-refractivity contribution in [2.75, 3.05) is 12.0 Å². The predicted molar refractivity (Wildman–Crippen MR) is 65.7 cm³/mol. The molecule has 1 amide bonds. The molecule has 1 aromatic carbocycles. The van der Waals surface area contributed by atoms with Gasteiger partial charge in [0.15, 0.2) is 0 Å². The summed E-state index contributed by atoms with van der Waals surface area (Å²) < 4.78 is 5.05. The summed E-state index contributed by atoms with van der Waals surface area (Å²) in [5.74, 6) is -1.01. The Labute approximate surface area is 105 Å². The van der Waals surface area contributed by atoms with Crippen molar-refractivity contribution in [3.63, 3.8) is 0 Å². The van der Waals surface area contributed by atoms with Crippen LogP contribution in [0.2, 0.25) is 0 Å². The smallest absolute Gasteiger partial charge is 0.309 e. The number of hydrogen-bond donors (Lipinski definition) is 1. The standard InChI is InChI=1S/C13H15NO4/c1-8-11(13(16)17)7-12(15)14(8)9-3-5-10(18-2)6-4-9/h3-6,8,11H,7H2,1-2H3,(H,16,17). The minimum atomic E-state index is -0.924. The SMILES string of the molecule is COc1ccc(N2C(=O)CC(C(=O)O)C2C)cc1. The molecule has 18 heavy (non-hydrogen) atoms. The molecule has 0 aliphatic carbocycles. The Morgan fingerprint density at radius 1 is 1.39 bits per heavy atom. The van der Waals surface area contributed by atoms with Crippen molar-refractivity contribution >= 4 is 17.6 Å². The Hall–Kier alpha value is -2.04. The Morgan fingerprint density at radius 2 is 2.00 bits per heavy atom. The summed E-state index contributed by atoms with van der Waals surface area (Å²) >= 11 is 0. The molecule has 1 aliphatic heterocycles. The van der Waals surface area contributed by atoms with E-state index in [-0.39, 0.29) is 18.4 Å². The zero-order valence-corrected chi connectivity index (χ0v) is 10.3. The fourth-order valence-electron chi connectivity index (χ4n) is 2.28. The monoisotopic (exact) mass is 249 g/mol. The summed E-state index contributed by atoms with van der Waals surface area (Å²) in [6.07, 6.45) is 0.0581. The van der Waals surface area contributed by atoms with Gasteiger partial charge in [0.05, 0.1) is 13.0 Å². The number of anilines is 1. The van der Waals surface area contributed by atoms with Gasteiger partial charge in [0, 0.05) is 18.2 Å². The van der Waals surface area contributed by atoms with Crippen LogP contribution in [0.25, 0.3) is 0 Å². The minimum absolute atomic E-state index is 0.0581. The lowest BCUT2D eigenvalue weighted by atomic mass is 10.0. The number of nitrogens with zero attached hydrogens (tertiary/aromatic N) is 1. The lowest BCUT2D eigenvalue weighted by molar-refractivity contribution is -0.142. The molecule has 1 aliphatic rings. The Kier molecular flexibility index (Phi) is 3.23. The maximum atomic E-state index is 11.9. The fraction of sp³-hybridized carbons (Fsp3) is 0.385. The fourth-order valence-corrected chi connectivity index (χ4v) is 2.28. The van der Waals surface area contributed by atoms with E-state index >= 15 is 0 Å². The summed E-state index contributed by atoms with van der Waals surface area (Å²) in [6.45, 7) is 1.76. The van der Waals surface area contributed by atoms with Gasteiger partial charge in [0.2, 0.25) is 5.91 Å². The zero-order chi connectivity index (χ0) is 13.3. The van der Waals surface area contributed by atoms with Gasteiger partial charge in [-0.2, -0.15) is 0 Å². The van der Waals surface area contributed by atoms with Crippen LogP contribution in [0.4, 0.5) is 5.69 Å². The minimum Gasteiger partial charge on any atom is -0.497 e. The van der Waals surface area contributed by atoms with E-state index in [1.54, 1.807) is 38.3 Å². The number of carbonyl (C=O) groups excluding carboxylic acids is 1. The van der Waals surface area contributed by atoms with Gasteiger partial charge in [0.1, 0.15) is 5.75 Å². The van der Waals surface area contributed by atoms with Crippen LogP contribution in [0.3, 0.4) is 0 Å². The second-order valence-corrected chi connectivity index (χ2v) is 4.35. The molecule has 0 saturated carbocycles. The Bertz CT molecular complexity index is 468. The lowest BCUT2D eigenvalue weighted by Gasteiger charge is -2.23. The van der Waals surface area contributed by atoms with E-state index in [4.69, 9.17) is 9.84 Å². The van der Waals surface area contributed by atoms with E-state index in [0.29, 0.717) is 11.4 Å². The second kappa shape index (κ2) is 4.68. The van der Waals surface area contributed by atoms with Gasteiger partial charge in [-0.1, -0.05) is 0 Å². The van der Waals surface area contributed by atoms with Crippen LogP contribution >= 0.6 is 0 Å². The number of hydrogen-bond acceptors (Lipinski definition) is 3. The Morgan fingerprint density at radius 3 is 2.44 bits per heavy atom. The average Bonchev–Trinajstić information content (AvgIpc) is 2.65. The van der Waals surface area contributed by atoms with Crippen molar-refractivity contribution < 1.29 is 19.4 Å². The number of methoxy groups -OCH3 is 1. The molecule has 0 radical (unpaired) electrons. The molecule has 1 heterocycles. The molecule has 0 spiro atoms. The maximum Gasteiger partial charge on any atom is 0.309 e. The number of amides is 1. The first kappa shape index (κ1) is 12.4. The van der Waals surface area contributed by atoms with E-state index in [1.807, 2.05) is 0 Å². The molecule has 2 atom stereocenters. The molecule has 2 rings (SSSR count). The largest absolute Gasteiger partial charge is 0.497 e. The van der Waals surface area contributed by atoms with Crippen LogP contribution in [-0.2, 0) is 9.59 Å². The van der Waals surface area contributed by atoms with Gasteiger partial charge in [-0.3, -0.25) is 9.59 Å². The van der Waals surface area contributed by atoms with Gasteiger partial charge < -0.3 is 14.7 Å². The third-order valence-electron chi connectivity index (χ3n) is 3.32. The summed E-state index contributed by atoms with van der Waals surface area (Å²) in [7, 11) is 1.57. The first-order chi connectivity index (χ1) is 8.54. The third-order valence-corrected chi connectivity index (χ3v) is 3.32. The van der Waals surface area contributed by atoms with Crippen molar-refractivity contribution in [1.29, 1.82) is 0 Å². The molecule has 0 bridgehead atoms. The van der Waals surface area contributed by atoms with E-state index in [2.05, 4.69) is 0 Å². The van der Waals surface area contributed by atoms with Crippen LogP contribution in [0.1, 0.15) is 13.3 Å². The number of carboxylic acids is 1. The molecule has 1 aromatic rings. The number of rotatable bonds is 3. The van der Waals surface area contributed by atoms with Gasteiger partial charge >= 0.3 is 5.97 Å². The van der Waals surface area contributed by atoms with E-state index in [9.17, 15) is 9.59 Å². The summed E-state index contributed by atoms with van der Waals surface area (Å²) in [4.78, 5) is 24.5. The lowest BCUT2D eigenvalue weighted by Crippen LogP contribution is -2.34. The van der Waals surface area contributed by atoms with Crippen molar-refractivity contribution in [2.24, 2.45) is 5.92 Å². The highest BCUT2D eigenvalue weighted by Gasteiger charge is 2.41. The number of carbonyl (C=O) groups is 2. The maximum absolute atomic E-state index is 11.9. The highest BCUT2D eigenvalue weighted by molar-refractivity contribution is 6.00. The average molecular weight is 249 g/mol. The molecule has 2 unspecified atom stereocenters. The summed E-state index contributed by atoms with van der Waals surface area (Å²) in [5.41, 5.74) is 0.706. The van der Waals surface area contributed by atoms with E-state index in [0.717, 1.165) is 0 Å². The second-order valence-electron chi connectivity index (χ2n) is 4.35. The molecule has 1 fully saturated rings. The van der Waals surface area contributed by atoms with Crippen molar-refractivity contribution in [3.05, 3.63) is 24.3 Å². The van der Waals surface area contributed by atoms with Gasteiger partial charge in [0.25, 0.3) is 0 Å². The van der Waals surface area contributed by atoms with Crippen LogP contribution in [0.5, 0.6) is 5.75 Å². The van der Waals surface area contributed by atoms with E-state index < -0.39 is 11.9 Å². The summed E-state index contributed by atoms with van der Waals surface area (Å²) in [5, 5.41) is 9.05. The van der Waals surface area contributed by atoms with Crippen LogP contribution in [0.15, 0.2) is 24.3 Å². The predicted octanol–water partition coefficient (Wildman–Crippen LogP) is 1.52. The molecule has 5 heteroatoms. The molecule has 96 valence electrons. The normalized spacial score (nSPS) is 23.2. The highest BCUT2D eigenvalue weighted by atomic mass is 16.5. The van der Waals surface area contributed by atoms with Crippen LogP contribution in [-0.4, -0.2) is 30.1 Å². The quantitative estimate of drug-likeness (QED) is 0.882. The molecular weight excluding hydrogens is 234 g/mol. The number of ether oxygens (including phenoxy) is 1. The van der Waals surface area contributed by atoms with Crippen molar-refractivity contribution in [2.45, 2.75) is 19.4 Å². The third kappa shape index (κ3) is 2.03. The summed E-state index contributed by atoms with van der Waals surface area (Å²) in [6, 6.07) is 6.70. The van der Waals surface area contributed by atoms with Gasteiger partial charge in [-0.15, -0.1) is 0 Å². The zero-order valence-electron chi connectivity index (χ0n) is 10.3. The first-order valence-electron chi connectivity index (χ1n) is 5.73. The molecule has 0 aromatic heterocycles. The van der Waals surface area contributed by atoms with Crippen LogP contribution < -0.4 is 9.64 Å². The highest BCUT2D eigenvalue weighted by Crippen LogP contribution is 2.31. The molecule has 5 nitrogen and oxygen atoms in total. The number of carboxylic acid groups (broad SMARTS) is 1. The number of aliphatic carboxylic acids is 1. The number of benzene rings is 1. The van der Waals surface area contributed by atoms with Gasteiger partial charge in [-0.25, -0.2) is 0 Å². The molecule has 1 N–H and O–H groups in total. The van der Waals surface area contributed by atoms with Crippen LogP contribution in [0, 0.1) is 5.92 Å².